The Kier molecular flexibility index (Phi) is 4.71. The fourth-order valence-electron chi connectivity index (χ4n) is 3.21. The number of amides is 1. The fourth-order valence-corrected chi connectivity index (χ4v) is 3.21. The van der Waals surface area contributed by atoms with Gasteiger partial charge in [-0.2, -0.15) is 10.2 Å². The Morgan fingerprint density at radius 3 is 2.33 bits per heavy atom. The zero-order valence-corrected chi connectivity index (χ0v) is 15.0. The maximum atomic E-state index is 12.7. The summed E-state index contributed by atoms with van der Waals surface area (Å²) in [7, 11) is 1.95. The molecule has 0 unspecified atom stereocenters. The summed E-state index contributed by atoms with van der Waals surface area (Å²) in [5.41, 5.74) is 3.89. The van der Waals surface area contributed by atoms with Gasteiger partial charge < -0.3 is 4.90 Å². The first-order valence-corrected chi connectivity index (χ1v) is 8.52. The van der Waals surface area contributed by atoms with Crippen molar-refractivity contribution in [3.05, 3.63) is 34.9 Å². The predicted octanol–water partition coefficient (Wildman–Crippen LogP) is 1.21. The van der Waals surface area contributed by atoms with Crippen LogP contribution in [0.15, 0.2) is 12.4 Å². The van der Waals surface area contributed by atoms with Gasteiger partial charge in [-0.3, -0.25) is 19.1 Å². The molecule has 3 heterocycles. The van der Waals surface area contributed by atoms with Gasteiger partial charge in [-0.25, -0.2) is 0 Å². The van der Waals surface area contributed by atoms with E-state index in [1.54, 1.807) is 0 Å². The van der Waals surface area contributed by atoms with Gasteiger partial charge in [0.25, 0.3) is 5.91 Å². The molecule has 0 bridgehead atoms. The number of carbonyl (C=O) groups excluding carboxylic acids is 1. The van der Waals surface area contributed by atoms with E-state index in [2.05, 4.69) is 21.3 Å². The van der Waals surface area contributed by atoms with Crippen molar-refractivity contribution in [2.45, 2.75) is 33.9 Å². The lowest BCUT2D eigenvalue weighted by Gasteiger charge is -2.34. The Balaban J connectivity index is 1.59. The molecular weight excluding hydrogens is 304 g/mol. The van der Waals surface area contributed by atoms with Gasteiger partial charge in [-0.15, -0.1) is 0 Å². The lowest BCUT2D eigenvalue weighted by atomic mass is 10.2. The first-order valence-electron chi connectivity index (χ1n) is 8.52. The first-order chi connectivity index (χ1) is 11.5. The number of aromatic nitrogens is 4. The van der Waals surface area contributed by atoms with Crippen LogP contribution < -0.4 is 0 Å². The van der Waals surface area contributed by atoms with E-state index in [0.29, 0.717) is 0 Å². The van der Waals surface area contributed by atoms with E-state index in [1.165, 1.54) is 5.56 Å². The highest BCUT2D eigenvalue weighted by Gasteiger charge is 2.25. The monoisotopic (exact) mass is 330 g/mol. The van der Waals surface area contributed by atoms with Gasteiger partial charge in [0, 0.05) is 64.3 Å². The molecule has 7 nitrogen and oxygen atoms in total. The minimum atomic E-state index is 0.101. The quantitative estimate of drug-likeness (QED) is 0.845. The number of hydrogen-bond acceptors (Lipinski definition) is 4. The molecule has 1 fully saturated rings. The Hall–Kier alpha value is -2.15. The van der Waals surface area contributed by atoms with Crippen molar-refractivity contribution in [2.24, 2.45) is 7.05 Å². The summed E-state index contributed by atoms with van der Waals surface area (Å²) < 4.78 is 3.68. The standard InChI is InChI=1S/C17H26N6O/c1-5-23-12-16(14(3)19-23)17(24)22-8-6-21(7-9-22)11-15-10-20(4)18-13(15)2/h10,12H,5-9,11H2,1-4H3. The third kappa shape index (κ3) is 3.36. The van der Waals surface area contributed by atoms with E-state index in [1.807, 2.05) is 48.3 Å². The molecular formula is C17H26N6O. The van der Waals surface area contributed by atoms with Gasteiger partial charge in [0.2, 0.25) is 0 Å². The number of aryl methyl sites for hydroxylation is 4. The smallest absolute Gasteiger partial charge is 0.257 e. The summed E-state index contributed by atoms with van der Waals surface area (Å²) in [5, 5.41) is 8.77. The largest absolute Gasteiger partial charge is 0.336 e. The van der Waals surface area contributed by atoms with Crippen molar-refractivity contribution < 1.29 is 4.79 Å². The van der Waals surface area contributed by atoms with Crippen LogP contribution in [0.25, 0.3) is 0 Å². The normalized spacial score (nSPS) is 15.9. The third-order valence-corrected chi connectivity index (χ3v) is 4.67. The number of carbonyl (C=O) groups is 1. The Bertz CT molecular complexity index is 724. The van der Waals surface area contributed by atoms with Gasteiger partial charge in [-0.05, 0) is 20.8 Å². The molecule has 0 aliphatic carbocycles. The first kappa shape index (κ1) is 16.7. The second-order valence-electron chi connectivity index (χ2n) is 6.47. The summed E-state index contributed by atoms with van der Waals surface area (Å²) in [4.78, 5) is 17.0. The highest BCUT2D eigenvalue weighted by molar-refractivity contribution is 5.95. The van der Waals surface area contributed by atoms with Crippen LogP contribution in [0.2, 0.25) is 0 Å². The summed E-state index contributed by atoms with van der Waals surface area (Å²) >= 11 is 0. The fraction of sp³-hybridized carbons (Fsp3) is 0.588. The molecule has 0 spiro atoms. The van der Waals surface area contributed by atoms with E-state index < -0.39 is 0 Å². The molecule has 130 valence electrons. The van der Waals surface area contributed by atoms with Gasteiger partial charge >= 0.3 is 0 Å². The van der Waals surface area contributed by atoms with Crippen molar-refractivity contribution in [1.82, 2.24) is 29.4 Å². The van der Waals surface area contributed by atoms with E-state index in [4.69, 9.17) is 0 Å². The lowest BCUT2D eigenvalue weighted by molar-refractivity contribution is 0.0627. The second kappa shape index (κ2) is 6.76. The van der Waals surface area contributed by atoms with Crippen molar-refractivity contribution in [3.8, 4) is 0 Å². The van der Waals surface area contributed by atoms with Crippen LogP contribution in [-0.4, -0.2) is 61.4 Å². The molecule has 2 aromatic rings. The van der Waals surface area contributed by atoms with Gasteiger partial charge in [0.1, 0.15) is 0 Å². The molecule has 7 heteroatoms. The number of rotatable bonds is 4. The van der Waals surface area contributed by atoms with Crippen LogP contribution in [-0.2, 0) is 20.1 Å². The van der Waals surface area contributed by atoms with Crippen LogP contribution >= 0.6 is 0 Å². The van der Waals surface area contributed by atoms with Crippen molar-refractivity contribution in [2.75, 3.05) is 26.2 Å². The highest BCUT2D eigenvalue weighted by atomic mass is 16.2. The maximum absolute atomic E-state index is 12.7. The van der Waals surface area contributed by atoms with E-state index >= 15 is 0 Å². The number of nitrogens with zero attached hydrogens (tertiary/aromatic N) is 6. The minimum absolute atomic E-state index is 0.101. The molecule has 0 aromatic carbocycles. The third-order valence-electron chi connectivity index (χ3n) is 4.67. The topological polar surface area (TPSA) is 59.2 Å². The van der Waals surface area contributed by atoms with Crippen LogP contribution in [0.3, 0.4) is 0 Å². The molecule has 0 radical (unpaired) electrons. The SMILES string of the molecule is CCn1cc(C(=O)N2CCN(Cc3cn(C)nc3C)CC2)c(C)n1. The van der Waals surface area contributed by atoms with Gasteiger partial charge in [-0.1, -0.05) is 0 Å². The molecule has 0 N–H and O–H groups in total. The van der Waals surface area contributed by atoms with Crippen LogP contribution in [0.1, 0.15) is 34.2 Å². The molecule has 1 aliphatic rings. The lowest BCUT2D eigenvalue weighted by Crippen LogP contribution is -2.48. The van der Waals surface area contributed by atoms with Crippen LogP contribution in [0.5, 0.6) is 0 Å². The molecule has 0 atom stereocenters. The van der Waals surface area contributed by atoms with Crippen molar-refractivity contribution in [3.63, 3.8) is 0 Å². The Morgan fingerprint density at radius 2 is 1.79 bits per heavy atom. The summed E-state index contributed by atoms with van der Waals surface area (Å²) in [6.07, 6.45) is 3.94. The average Bonchev–Trinajstić information content (AvgIpc) is 3.09. The molecule has 2 aromatic heterocycles. The van der Waals surface area contributed by atoms with E-state index in [0.717, 1.165) is 56.2 Å². The summed E-state index contributed by atoms with van der Waals surface area (Å²) in [6, 6.07) is 0. The molecule has 3 rings (SSSR count). The number of piperazine rings is 1. The van der Waals surface area contributed by atoms with Crippen LogP contribution in [0, 0.1) is 13.8 Å². The second-order valence-corrected chi connectivity index (χ2v) is 6.47. The number of hydrogen-bond donors (Lipinski definition) is 0. The van der Waals surface area contributed by atoms with E-state index in [-0.39, 0.29) is 5.91 Å². The Labute approximate surface area is 142 Å². The van der Waals surface area contributed by atoms with Gasteiger partial charge in [0.05, 0.1) is 17.0 Å². The highest BCUT2D eigenvalue weighted by Crippen LogP contribution is 2.15. The van der Waals surface area contributed by atoms with Crippen molar-refractivity contribution >= 4 is 5.91 Å². The summed E-state index contributed by atoms with van der Waals surface area (Å²) in [5.74, 6) is 0.101. The van der Waals surface area contributed by atoms with E-state index in [9.17, 15) is 4.79 Å². The predicted molar refractivity (Wildman–Crippen MR) is 91.8 cm³/mol. The Morgan fingerprint density at radius 1 is 1.08 bits per heavy atom. The van der Waals surface area contributed by atoms with Crippen LogP contribution in [0.4, 0.5) is 0 Å². The average molecular weight is 330 g/mol. The molecule has 1 aliphatic heterocycles. The molecule has 1 amide bonds. The molecule has 24 heavy (non-hydrogen) atoms. The van der Waals surface area contributed by atoms with Gasteiger partial charge in [0.15, 0.2) is 0 Å². The minimum Gasteiger partial charge on any atom is -0.336 e. The van der Waals surface area contributed by atoms with Crippen molar-refractivity contribution in [1.29, 1.82) is 0 Å². The zero-order chi connectivity index (χ0) is 17.3. The molecule has 0 saturated carbocycles. The zero-order valence-electron chi connectivity index (χ0n) is 15.0. The maximum Gasteiger partial charge on any atom is 0.257 e. The molecule has 1 saturated heterocycles. The summed E-state index contributed by atoms with van der Waals surface area (Å²) in [6.45, 7) is 11.0.